The third-order valence-electron chi connectivity index (χ3n) is 4.33. The second-order valence-corrected chi connectivity index (χ2v) is 7.97. The fraction of sp³-hybridized carbons (Fsp3) is 0.316. The number of hydrazone groups is 1. The SMILES string of the molecule is CCN(CC)S(=O)(=O)c1cc([N+](=O)[O-])ccc1N/N=C(\C)c1cccc(OC)c1. The van der Waals surface area contributed by atoms with E-state index in [0.717, 1.165) is 11.6 Å². The second kappa shape index (κ2) is 9.48. The Bertz CT molecular complexity index is 1020. The van der Waals surface area contributed by atoms with Crippen LogP contribution < -0.4 is 10.2 Å². The van der Waals surface area contributed by atoms with Crippen molar-refractivity contribution < 1.29 is 18.1 Å². The van der Waals surface area contributed by atoms with Gasteiger partial charge in [-0.1, -0.05) is 26.0 Å². The Morgan fingerprint density at radius 2 is 1.90 bits per heavy atom. The van der Waals surface area contributed by atoms with E-state index >= 15 is 0 Å². The summed E-state index contributed by atoms with van der Waals surface area (Å²) in [5, 5.41) is 15.4. The molecule has 0 radical (unpaired) electrons. The van der Waals surface area contributed by atoms with Crippen LogP contribution in [0.5, 0.6) is 5.75 Å². The molecule has 0 atom stereocenters. The lowest BCUT2D eigenvalue weighted by Gasteiger charge is -2.20. The summed E-state index contributed by atoms with van der Waals surface area (Å²) in [4.78, 5) is 10.3. The lowest BCUT2D eigenvalue weighted by Crippen LogP contribution is -2.31. The van der Waals surface area contributed by atoms with Crippen molar-refractivity contribution >= 4 is 27.1 Å². The number of benzene rings is 2. The Morgan fingerprint density at radius 1 is 1.21 bits per heavy atom. The highest BCUT2D eigenvalue weighted by Gasteiger charge is 2.27. The molecule has 0 aliphatic carbocycles. The number of nitrogens with zero attached hydrogens (tertiary/aromatic N) is 3. The van der Waals surface area contributed by atoms with E-state index < -0.39 is 14.9 Å². The van der Waals surface area contributed by atoms with Crippen molar-refractivity contribution in [3.05, 3.63) is 58.1 Å². The third-order valence-corrected chi connectivity index (χ3v) is 6.42. The molecule has 0 heterocycles. The summed E-state index contributed by atoms with van der Waals surface area (Å²) in [5.41, 5.74) is 3.97. The molecule has 0 amide bonds. The van der Waals surface area contributed by atoms with Crippen LogP contribution in [-0.4, -0.2) is 43.6 Å². The predicted octanol–water partition coefficient (Wildman–Crippen LogP) is 3.47. The molecule has 2 aromatic carbocycles. The molecule has 0 aromatic heterocycles. The molecule has 10 heteroatoms. The Morgan fingerprint density at radius 3 is 2.48 bits per heavy atom. The number of nitro benzene ring substituents is 1. The molecule has 0 aliphatic rings. The number of hydrogen-bond acceptors (Lipinski definition) is 7. The second-order valence-electron chi connectivity index (χ2n) is 6.07. The van der Waals surface area contributed by atoms with Crippen molar-refractivity contribution in [1.82, 2.24) is 4.31 Å². The van der Waals surface area contributed by atoms with Crippen molar-refractivity contribution in [2.45, 2.75) is 25.7 Å². The van der Waals surface area contributed by atoms with Crippen LogP contribution in [0, 0.1) is 10.1 Å². The van der Waals surface area contributed by atoms with E-state index in [1.54, 1.807) is 40.0 Å². The summed E-state index contributed by atoms with van der Waals surface area (Å²) in [6.45, 7) is 5.65. The first-order valence-electron chi connectivity index (χ1n) is 8.97. The van der Waals surface area contributed by atoms with Crippen LogP contribution in [0.4, 0.5) is 11.4 Å². The predicted molar refractivity (Wildman–Crippen MR) is 112 cm³/mol. The van der Waals surface area contributed by atoms with Gasteiger partial charge in [-0.2, -0.15) is 9.41 Å². The van der Waals surface area contributed by atoms with E-state index in [2.05, 4.69) is 10.5 Å². The topological polar surface area (TPSA) is 114 Å². The highest BCUT2D eigenvalue weighted by atomic mass is 32.2. The molecule has 156 valence electrons. The van der Waals surface area contributed by atoms with Gasteiger partial charge in [0, 0.05) is 30.8 Å². The van der Waals surface area contributed by atoms with Crippen LogP contribution in [0.3, 0.4) is 0 Å². The number of nitrogens with one attached hydrogen (secondary N) is 1. The normalized spacial score (nSPS) is 12.1. The molecule has 2 aromatic rings. The lowest BCUT2D eigenvalue weighted by molar-refractivity contribution is -0.385. The van der Waals surface area contributed by atoms with Crippen LogP contribution in [0.15, 0.2) is 52.5 Å². The molecule has 0 bridgehead atoms. The monoisotopic (exact) mass is 420 g/mol. The minimum absolute atomic E-state index is 0.157. The van der Waals surface area contributed by atoms with E-state index in [0.29, 0.717) is 11.5 Å². The van der Waals surface area contributed by atoms with Gasteiger partial charge in [0.25, 0.3) is 5.69 Å². The maximum Gasteiger partial charge on any atom is 0.270 e. The zero-order chi connectivity index (χ0) is 21.6. The first-order valence-corrected chi connectivity index (χ1v) is 10.4. The minimum Gasteiger partial charge on any atom is -0.497 e. The molecule has 0 saturated heterocycles. The highest BCUT2D eigenvalue weighted by molar-refractivity contribution is 7.89. The standard InChI is InChI=1S/C19H24N4O5S/c1-5-22(6-2)29(26,27)19-13-16(23(24)25)10-11-18(19)21-20-14(3)15-8-7-9-17(12-15)28-4/h7-13,21H,5-6H2,1-4H3/b20-14+. The van der Waals surface area contributed by atoms with Crippen molar-refractivity contribution in [1.29, 1.82) is 0 Å². The molecule has 0 saturated carbocycles. The number of anilines is 1. The van der Waals surface area contributed by atoms with Crippen molar-refractivity contribution in [2.24, 2.45) is 5.10 Å². The van der Waals surface area contributed by atoms with Crippen molar-refractivity contribution in [2.75, 3.05) is 25.6 Å². The fourth-order valence-electron chi connectivity index (χ4n) is 2.69. The van der Waals surface area contributed by atoms with E-state index in [1.165, 1.54) is 16.4 Å². The quantitative estimate of drug-likeness (QED) is 0.377. The molecule has 2 rings (SSSR count). The van der Waals surface area contributed by atoms with Crippen LogP contribution in [0.25, 0.3) is 0 Å². The Kier molecular flexibility index (Phi) is 7.29. The lowest BCUT2D eigenvalue weighted by atomic mass is 10.1. The Balaban J connectivity index is 2.48. The summed E-state index contributed by atoms with van der Waals surface area (Å²) >= 11 is 0. The number of hydrogen-bond donors (Lipinski definition) is 1. The third kappa shape index (κ3) is 5.09. The molecule has 29 heavy (non-hydrogen) atoms. The molecule has 0 spiro atoms. The number of nitro groups is 1. The summed E-state index contributed by atoms with van der Waals surface area (Å²) in [6.07, 6.45) is 0. The molecule has 0 fully saturated rings. The summed E-state index contributed by atoms with van der Waals surface area (Å²) in [5.74, 6) is 0.664. The van der Waals surface area contributed by atoms with E-state index in [1.807, 2.05) is 12.1 Å². The molecule has 0 unspecified atom stereocenters. The number of rotatable bonds is 9. The first-order chi connectivity index (χ1) is 13.7. The Hall–Kier alpha value is -2.98. The average molecular weight is 420 g/mol. The molecule has 1 N–H and O–H groups in total. The van der Waals surface area contributed by atoms with Gasteiger partial charge in [0.05, 0.1) is 23.4 Å². The van der Waals surface area contributed by atoms with E-state index in [4.69, 9.17) is 4.74 Å². The van der Waals surface area contributed by atoms with Crippen LogP contribution >= 0.6 is 0 Å². The zero-order valence-electron chi connectivity index (χ0n) is 16.7. The largest absolute Gasteiger partial charge is 0.497 e. The first kappa shape index (κ1) is 22.3. The van der Waals surface area contributed by atoms with Gasteiger partial charge in [-0.3, -0.25) is 15.5 Å². The maximum atomic E-state index is 13.0. The average Bonchev–Trinajstić information content (AvgIpc) is 2.72. The summed E-state index contributed by atoms with van der Waals surface area (Å²) in [7, 11) is -2.37. The van der Waals surface area contributed by atoms with Gasteiger partial charge in [0.1, 0.15) is 10.6 Å². The van der Waals surface area contributed by atoms with Crippen molar-refractivity contribution in [3.63, 3.8) is 0 Å². The molecular weight excluding hydrogens is 396 g/mol. The van der Waals surface area contributed by atoms with Crippen LogP contribution in [0.1, 0.15) is 26.3 Å². The zero-order valence-corrected chi connectivity index (χ0v) is 17.6. The minimum atomic E-state index is -3.93. The van der Waals surface area contributed by atoms with Gasteiger partial charge < -0.3 is 4.74 Å². The van der Waals surface area contributed by atoms with Crippen molar-refractivity contribution in [3.8, 4) is 5.75 Å². The molecular formula is C19H24N4O5S. The Labute approximate surface area is 170 Å². The highest BCUT2D eigenvalue weighted by Crippen LogP contribution is 2.29. The van der Waals surface area contributed by atoms with Gasteiger partial charge in [-0.15, -0.1) is 0 Å². The fourth-order valence-corrected chi connectivity index (χ4v) is 4.31. The number of non-ortho nitro benzene ring substituents is 1. The summed E-state index contributed by atoms with van der Waals surface area (Å²) in [6, 6.07) is 10.9. The van der Waals surface area contributed by atoms with E-state index in [9.17, 15) is 18.5 Å². The number of sulfonamides is 1. The van der Waals surface area contributed by atoms with E-state index in [-0.39, 0.29) is 29.4 Å². The number of ether oxygens (including phenoxy) is 1. The maximum absolute atomic E-state index is 13.0. The summed E-state index contributed by atoms with van der Waals surface area (Å²) < 4.78 is 32.4. The molecule has 9 nitrogen and oxygen atoms in total. The van der Waals surface area contributed by atoms with Gasteiger partial charge in [0.2, 0.25) is 10.0 Å². The van der Waals surface area contributed by atoms with Gasteiger partial charge in [0.15, 0.2) is 0 Å². The number of methoxy groups -OCH3 is 1. The van der Waals surface area contributed by atoms with Crippen LogP contribution in [0.2, 0.25) is 0 Å². The van der Waals surface area contributed by atoms with Crippen LogP contribution in [-0.2, 0) is 10.0 Å². The van der Waals surface area contributed by atoms with Gasteiger partial charge in [-0.05, 0) is 25.1 Å². The molecule has 0 aliphatic heterocycles. The van der Waals surface area contributed by atoms with Gasteiger partial charge >= 0.3 is 0 Å². The van der Waals surface area contributed by atoms with Gasteiger partial charge in [-0.25, -0.2) is 8.42 Å². The smallest absolute Gasteiger partial charge is 0.270 e.